The predicted octanol–water partition coefficient (Wildman–Crippen LogP) is 2.41. The Kier molecular flexibility index (Phi) is 2.60. The quantitative estimate of drug-likeness (QED) is 0.632. The normalized spacial score (nSPS) is 11.0. The highest BCUT2D eigenvalue weighted by atomic mass is 32.2. The first-order valence-corrected chi connectivity index (χ1v) is 6.19. The maximum atomic E-state index is 11.7. The van der Waals surface area contributed by atoms with E-state index in [-0.39, 0.29) is 5.56 Å². The second-order valence-corrected chi connectivity index (χ2v) is 5.01. The summed E-state index contributed by atoms with van der Waals surface area (Å²) in [6, 6.07) is 0. The first-order valence-electron chi connectivity index (χ1n) is 4.33. The van der Waals surface area contributed by atoms with Gasteiger partial charge < -0.3 is 4.98 Å². The van der Waals surface area contributed by atoms with E-state index in [2.05, 4.69) is 9.97 Å². The summed E-state index contributed by atoms with van der Waals surface area (Å²) in [7, 11) is 0. The van der Waals surface area contributed by atoms with E-state index in [1.807, 2.05) is 19.2 Å². The van der Waals surface area contributed by atoms with Crippen molar-refractivity contribution in [3.63, 3.8) is 0 Å². The van der Waals surface area contributed by atoms with Crippen molar-refractivity contribution in [1.29, 1.82) is 0 Å². The van der Waals surface area contributed by atoms with Crippen molar-refractivity contribution in [2.24, 2.45) is 0 Å². The smallest absolute Gasteiger partial charge is 0.260 e. The number of nitrogens with zero attached hydrogens (tertiary/aromatic N) is 1. The molecule has 0 radical (unpaired) electrons. The minimum absolute atomic E-state index is 0.0234. The molecule has 3 nitrogen and oxygen atoms in total. The van der Waals surface area contributed by atoms with Crippen molar-refractivity contribution < 1.29 is 0 Å². The Morgan fingerprint density at radius 2 is 2.43 bits per heavy atom. The SMILES string of the molecule is CCSc1nc2scc(C)c2c(=O)[nH]1. The average molecular weight is 226 g/mol. The third-order valence-corrected chi connectivity index (χ3v) is 3.63. The summed E-state index contributed by atoms with van der Waals surface area (Å²) in [5, 5.41) is 3.41. The highest BCUT2D eigenvalue weighted by Crippen LogP contribution is 2.22. The van der Waals surface area contributed by atoms with Crippen LogP contribution in [0.15, 0.2) is 15.3 Å². The number of nitrogens with one attached hydrogen (secondary N) is 1. The number of aromatic nitrogens is 2. The van der Waals surface area contributed by atoms with E-state index in [1.54, 1.807) is 11.8 Å². The van der Waals surface area contributed by atoms with E-state index in [0.29, 0.717) is 5.16 Å². The van der Waals surface area contributed by atoms with E-state index >= 15 is 0 Å². The fourth-order valence-electron chi connectivity index (χ4n) is 1.27. The van der Waals surface area contributed by atoms with E-state index in [9.17, 15) is 4.79 Å². The third kappa shape index (κ3) is 1.57. The van der Waals surface area contributed by atoms with Crippen LogP contribution in [0, 0.1) is 6.92 Å². The number of hydrogen-bond donors (Lipinski definition) is 1. The number of aromatic amines is 1. The second kappa shape index (κ2) is 3.74. The van der Waals surface area contributed by atoms with Gasteiger partial charge in [-0.3, -0.25) is 4.79 Å². The molecule has 0 saturated carbocycles. The molecule has 5 heteroatoms. The van der Waals surface area contributed by atoms with Gasteiger partial charge in [0.1, 0.15) is 4.83 Å². The first-order chi connectivity index (χ1) is 6.72. The number of rotatable bonds is 2. The lowest BCUT2D eigenvalue weighted by molar-refractivity contribution is 0.979. The molecule has 0 atom stereocenters. The number of hydrogen-bond acceptors (Lipinski definition) is 4. The molecule has 0 spiro atoms. The number of H-pyrrole nitrogens is 1. The Morgan fingerprint density at radius 1 is 1.64 bits per heavy atom. The molecule has 14 heavy (non-hydrogen) atoms. The molecule has 0 saturated heterocycles. The molecule has 0 bridgehead atoms. The summed E-state index contributed by atoms with van der Waals surface area (Å²) < 4.78 is 0. The summed E-state index contributed by atoms with van der Waals surface area (Å²) in [6.07, 6.45) is 0. The van der Waals surface area contributed by atoms with Gasteiger partial charge in [0.25, 0.3) is 5.56 Å². The van der Waals surface area contributed by atoms with Crippen LogP contribution >= 0.6 is 23.1 Å². The molecule has 2 heterocycles. The Bertz CT molecular complexity index is 515. The minimum Gasteiger partial charge on any atom is -0.301 e. The number of thioether (sulfide) groups is 1. The van der Waals surface area contributed by atoms with Gasteiger partial charge in [-0.25, -0.2) is 4.98 Å². The first kappa shape index (κ1) is 9.73. The molecule has 0 amide bonds. The molecule has 1 N–H and O–H groups in total. The number of thiophene rings is 1. The van der Waals surface area contributed by atoms with Gasteiger partial charge in [-0.1, -0.05) is 18.7 Å². The number of aryl methyl sites for hydroxylation is 1. The maximum Gasteiger partial charge on any atom is 0.260 e. The highest BCUT2D eigenvalue weighted by Gasteiger charge is 2.07. The molecule has 0 unspecified atom stereocenters. The summed E-state index contributed by atoms with van der Waals surface area (Å²) in [5.41, 5.74) is 0.983. The van der Waals surface area contributed by atoms with Crippen LogP contribution in [0.25, 0.3) is 10.2 Å². The molecule has 0 aliphatic carbocycles. The molecule has 2 aromatic rings. The molecule has 0 fully saturated rings. The van der Waals surface area contributed by atoms with Crippen LogP contribution in [0.1, 0.15) is 12.5 Å². The van der Waals surface area contributed by atoms with Crippen LogP contribution < -0.4 is 5.56 Å². The van der Waals surface area contributed by atoms with Gasteiger partial charge in [-0.15, -0.1) is 11.3 Å². The summed E-state index contributed by atoms with van der Waals surface area (Å²) >= 11 is 3.08. The third-order valence-electron chi connectivity index (χ3n) is 1.89. The second-order valence-electron chi connectivity index (χ2n) is 2.90. The fraction of sp³-hybridized carbons (Fsp3) is 0.333. The Hall–Kier alpha value is -0.810. The molecule has 0 aliphatic rings. The summed E-state index contributed by atoms with van der Waals surface area (Å²) in [4.78, 5) is 19.6. The lowest BCUT2D eigenvalue weighted by atomic mass is 10.3. The largest absolute Gasteiger partial charge is 0.301 e. The zero-order chi connectivity index (χ0) is 10.1. The predicted molar refractivity (Wildman–Crippen MR) is 61.4 cm³/mol. The van der Waals surface area contributed by atoms with Crippen LogP contribution in [0.4, 0.5) is 0 Å². The van der Waals surface area contributed by atoms with Gasteiger partial charge in [-0.05, 0) is 23.6 Å². The summed E-state index contributed by atoms with van der Waals surface area (Å²) in [6.45, 7) is 3.97. The lowest BCUT2D eigenvalue weighted by Gasteiger charge is -1.97. The van der Waals surface area contributed by atoms with Gasteiger partial charge in [0, 0.05) is 0 Å². The molecule has 0 aromatic carbocycles. The Balaban J connectivity index is 2.68. The van der Waals surface area contributed by atoms with E-state index < -0.39 is 0 Å². The van der Waals surface area contributed by atoms with Gasteiger partial charge in [0.15, 0.2) is 5.16 Å². The monoisotopic (exact) mass is 226 g/mol. The molecule has 74 valence electrons. The van der Waals surface area contributed by atoms with Gasteiger partial charge in [0.05, 0.1) is 5.39 Å². The van der Waals surface area contributed by atoms with Crippen LogP contribution in [0.3, 0.4) is 0 Å². The van der Waals surface area contributed by atoms with Crippen LogP contribution in [-0.4, -0.2) is 15.7 Å². The molecular formula is C9H10N2OS2. The van der Waals surface area contributed by atoms with E-state index in [4.69, 9.17) is 0 Å². The van der Waals surface area contributed by atoms with Crippen molar-refractivity contribution in [1.82, 2.24) is 9.97 Å². The molecule has 0 aliphatic heterocycles. The van der Waals surface area contributed by atoms with E-state index in [1.165, 1.54) is 11.3 Å². The molecule has 2 aromatic heterocycles. The Morgan fingerprint density at radius 3 is 3.14 bits per heavy atom. The van der Waals surface area contributed by atoms with Gasteiger partial charge >= 0.3 is 0 Å². The minimum atomic E-state index is -0.0234. The van der Waals surface area contributed by atoms with Crippen LogP contribution in [0.5, 0.6) is 0 Å². The summed E-state index contributed by atoms with van der Waals surface area (Å²) in [5.74, 6) is 0.915. The highest BCUT2D eigenvalue weighted by molar-refractivity contribution is 7.99. The maximum absolute atomic E-state index is 11.7. The van der Waals surface area contributed by atoms with Crippen molar-refractivity contribution in [2.75, 3.05) is 5.75 Å². The molecule has 2 rings (SSSR count). The standard InChI is InChI=1S/C9H10N2OS2/c1-3-13-9-10-7(12)6-5(2)4-14-8(6)11-9/h4H,3H2,1-2H3,(H,10,11,12). The molecular weight excluding hydrogens is 216 g/mol. The van der Waals surface area contributed by atoms with Crippen LogP contribution in [-0.2, 0) is 0 Å². The lowest BCUT2D eigenvalue weighted by Crippen LogP contribution is -2.08. The average Bonchev–Trinajstić information content (AvgIpc) is 2.48. The van der Waals surface area contributed by atoms with Crippen molar-refractivity contribution >= 4 is 33.3 Å². The zero-order valence-corrected chi connectivity index (χ0v) is 9.59. The van der Waals surface area contributed by atoms with E-state index in [0.717, 1.165) is 21.5 Å². The van der Waals surface area contributed by atoms with Crippen molar-refractivity contribution in [3.8, 4) is 0 Å². The van der Waals surface area contributed by atoms with Crippen molar-refractivity contribution in [3.05, 3.63) is 21.3 Å². The fourth-order valence-corrected chi connectivity index (χ4v) is 2.85. The zero-order valence-electron chi connectivity index (χ0n) is 7.96. The topological polar surface area (TPSA) is 45.8 Å². The van der Waals surface area contributed by atoms with Crippen LogP contribution in [0.2, 0.25) is 0 Å². The van der Waals surface area contributed by atoms with Crippen molar-refractivity contribution in [2.45, 2.75) is 19.0 Å². The number of fused-ring (bicyclic) bond motifs is 1. The Labute approximate surface area is 89.6 Å². The van der Waals surface area contributed by atoms with Gasteiger partial charge in [0.2, 0.25) is 0 Å². The van der Waals surface area contributed by atoms with Gasteiger partial charge in [-0.2, -0.15) is 0 Å².